The second-order valence-corrected chi connectivity index (χ2v) is 10.5. The lowest BCUT2D eigenvalue weighted by Gasteiger charge is -2.34. The number of halogens is 2. The Labute approximate surface area is 209 Å². The SMILES string of the molecule is CN1CCC[C@H]1COc1nc(N2CC3CCC(C2)N3)c2ccc(-c3cncc(Cl)c3Cl)cc2n1. The summed E-state index contributed by atoms with van der Waals surface area (Å²) in [6, 6.07) is 8.01. The normalized spacial score (nSPS) is 24.8. The van der Waals surface area contributed by atoms with E-state index in [0.717, 1.165) is 53.9 Å². The molecule has 3 fully saturated rings. The molecule has 9 heteroatoms. The highest BCUT2D eigenvalue weighted by Gasteiger charge is 2.34. The van der Waals surface area contributed by atoms with E-state index in [9.17, 15) is 0 Å². The van der Waals surface area contributed by atoms with Gasteiger partial charge >= 0.3 is 6.01 Å². The molecule has 0 spiro atoms. The molecule has 1 N–H and O–H groups in total. The number of hydrogen-bond donors (Lipinski definition) is 1. The molecule has 34 heavy (non-hydrogen) atoms. The van der Waals surface area contributed by atoms with Crippen molar-refractivity contribution in [1.82, 2.24) is 25.2 Å². The van der Waals surface area contributed by atoms with Gasteiger partial charge in [0.2, 0.25) is 0 Å². The van der Waals surface area contributed by atoms with Crippen LogP contribution in [0.3, 0.4) is 0 Å². The van der Waals surface area contributed by atoms with Gasteiger partial charge in [0.05, 0.1) is 15.6 Å². The van der Waals surface area contributed by atoms with Crippen molar-refractivity contribution >= 4 is 39.9 Å². The van der Waals surface area contributed by atoms with Gasteiger partial charge in [-0.05, 0) is 57.0 Å². The number of hydrogen-bond acceptors (Lipinski definition) is 7. The van der Waals surface area contributed by atoms with Gasteiger partial charge in [-0.2, -0.15) is 9.97 Å². The van der Waals surface area contributed by atoms with E-state index in [0.29, 0.717) is 40.8 Å². The van der Waals surface area contributed by atoms with Crippen molar-refractivity contribution in [2.24, 2.45) is 0 Å². The number of benzene rings is 1. The topological polar surface area (TPSA) is 66.4 Å². The Hall–Kier alpha value is -2.19. The molecule has 0 saturated carbocycles. The maximum absolute atomic E-state index is 6.49. The average Bonchev–Trinajstić information content (AvgIpc) is 3.41. The minimum absolute atomic E-state index is 0.403. The Balaban J connectivity index is 1.40. The molecule has 3 atom stereocenters. The number of likely N-dealkylation sites (N-methyl/N-ethyl adjacent to an activating group) is 1. The Morgan fingerprint density at radius 1 is 1.09 bits per heavy atom. The molecule has 178 valence electrons. The molecule has 6 rings (SSSR count). The largest absolute Gasteiger partial charge is 0.462 e. The number of nitrogens with one attached hydrogen (secondary N) is 1. The average molecular weight is 499 g/mol. The van der Waals surface area contributed by atoms with E-state index in [1.165, 1.54) is 19.3 Å². The quantitative estimate of drug-likeness (QED) is 0.558. The van der Waals surface area contributed by atoms with Crippen LogP contribution in [0.1, 0.15) is 25.7 Å². The van der Waals surface area contributed by atoms with Crippen LogP contribution in [0.25, 0.3) is 22.0 Å². The second-order valence-electron chi connectivity index (χ2n) is 9.68. The van der Waals surface area contributed by atoms with Crippen molar-refractivity contribution in [3.8, 4) is 17.1 Å². The van der Waals surface area contributed by atoms with Crippen molar-refractivity contribution in [2.75, 3.05) is 38.2 Å². The van der Waals surface area contributed by atoms with Crippen LogP contribution in [0.5, 0.6) is 6.01 Å². The van der Waals surface area contributed by atoms with Crippen LogP contribution in [0, 0.1) is 0 Å². The summed E-state index contributed by atoms with van der Waals surface area (Å²) in [5.41, 5.74) is 2.53. The summed E-state index contributed by atoms with van der Waals surface area (Å²) in [7, 11) is 2.15. The van der Waals surface area contributed by atoms with Crippen LogP contribution in [-0.4, -0.2) is 71.3 Å². The monoisotopic (exact) mass is 498 g/mol. The molecule has 5 heterocycles. The lowest BCUT2D eigenvalue weighted by molar-refractivity contribution is 0.188. The van der Waals surface area contributed by atoms with E-state index in [1.807, 2.05) is 12.1 Å². The van der Waals surface area contributed by atoms with E-state index in [4.69, 9.17) is 37.9 Å². The van der Waals surface area contributed by atoms with Gasteiger partial charge in [-0.15, -0.1) is 0 Å². The van der Waals surface area contributed by atoms with Crippen LogP contribution in [0.2, 0.25) is 10.0 Å². The van der Waals surface area contributed by atoms with Gasteiger partial charge in [0.15, 0.2) is 0 Å². The van der Waals surface area contributed by atoms with Crippen molar-refractivity contribution in [3.05, 3.63) is 40.6 Å². The first-order valence-corrected chi connectivity index (χ1v) is 12.8. The number of nitrogens with zero attached hydrogens (tertiary/aromatic N) is 5. The lowest BCUT2D eigenvalue weighted by Crippen LogP contribution is -2.51. The minimum atomic E-state index is 0.403. The Morgan fingerprint density at radius 3 is 2.68 bits per heavy atom. The summed E-state index contributed by atoms with van der Waals surface area (Å²) in [6.07, 6.45) is 8.06. The third-order valence-corrected chi connectivity index (χ3v) is 8.19. The van der Waals surface area contributed by atoms with Crippen LogP contribution in [-0.2, 0) is 0 Å². The zero-order valence-electron chi connectivity index (χ0n) is 19.2. The van der Waals surface area contributed by atoms with Gasteiger partial charge < -0.3 is 19.9 Å². The van der Waals surface area contributed by atoms with E-state index in [1.54, 1.807) is 12.4 Å². The first-order chi connectivity index (χ1) is 16.5. The van der Waals surface area contributed by atoms with Crippen molar-refractivity contribution < 1.29 is 4.74 Å². The Bertz CT molecular complexity index is 1210. The molecular formula is C25H28Cl2N6O. The van der Waals surface area contributed by atoms with Crippen LogP contribution >= 0.6 is 23.2 Å². The number of fused-ring (bicyclic) bond motifs is 3. The molecule has 0 amide bonds. The molecule has 0 aliphatic carbocycles. The van der Waals surface area contributed by atoms with E-state index in [-0.39, 0.29) is 0 Å². The first-order valence-electron chi connectivity index (χ1n) is 12.0. The summed E-state index contributed by atoms with van der Waals surface area (Å²) in [5, 5.41) is 5.65. The molecule has 7 nitrogen and oxygen atoms in total. The molecular weight excluding hydrogens is 471 g/mol. The Morgan fingerprint density at radius 2 is 1.91 bits per heavy atom. The zero-order valence-corrected chi connectivity index (χ0v) is 20.7. The van der Waals surface area contributed by atoms with Crippen molar-refractivity contribution in [1.29, 1.82) is 0 Å². The van der Waals surface area contributed by atoms with Gasteiger partial charge in [0.25, 0.3) is 0 Å². The molecule has 3 aliphatic heterocycles. The van der Waals surface area contributed by atoms with Crippen molar-refractivity contribution in [3.63, 3.8) is 0 Å². The number of likely N-dealkylation sites (tertiary alicyclic amines) is 1. The summed E-state index contributed by atoms with van der Waals surface area (Å²) < 4.78 is 6.19. The smallest absolute Gasteiger partial charge is 0.319 e. The standard InChI is InChI=1S/C25H28Cl2N6O/c1-32-8-2-3-18(32)14-34-25-30-22-9-15(20-10-28-11-21(26)23(20)27)4-7-19(22)24(31-25)33-12-16-5-6-17(13-33)29-16/h4,7,9-11,16-18,29H,2-3,5-6,8,12-14H2,1H3/t16?,17?,18-/m0/s1. The molecule has 2 unspecified atom stereocenters. The fourth-order valence-electron chi connectivity index (χ4n) is 5.52. The molecule has 3 aliphatic rings. The predicted octanol–water partition coefficient (Wildman–Crippen LogP) is 4.41. The predicted molar refractivity (Wildman–Crippen MR) is 136 cm³/mol. The molecule has 1 aromatic carbocycles. The summed E-state index contributed by atoms with van der Waals surface area (Å²) in [6.45, 7) is 3.59. The van der Waals surface area contributed by atoms with Crippen LogP contribution in [0.15, 0.2) is 30.6 Å². The molecule has 3 saturated heterocycles. The number of pyridine rings is 1. The summed E-state index contributed by atoms with van der Waals surface area (Å²) in [4.78, 5) is 18.7. The highest BCUT2D eigenvalue weighted by Crippen LogP contribution is 2.36. The number of ether oxygens (including phenoxy) is 1. The first kappa shape index (κ1) is 22.3. The van der Waals surface area contributed by atoms with Gasteiger partial charge in [0.1, 0.15) is 12.4 Å². The minimum Gasteiger partial charge on any atom is -0.462 e. The van der Waals surface area contributed by atoms with Gasteiger partial charge in [-0.25, -0.2) is 0 Å². The fourth-order valence-corrected chi connectivity index (χ4v) is 5.88. The number of aromatic nitrogens is 3. The third kappa shape index (κ3) is 4.19. The summed E-state index contributed by atoms with van der Waals surface area (Å²) >= 11 is 12.7. The van der Waals surface area contributed by atoms with Gasteiger partial charge in [-0.1, -0.05) is 29.3 Å². The Kier molecular flexibility index (Phi) is 5.97. The maximum atomic E-state index is 6.49. The fraction of sp³-hybridized carbons (Fsp3) is 0.480. The zero-order chi connectivity index (χ0) is 23.2. The van der Waals surface area contributed by atoms with Gasteiger partial charge in [0, 0.05) is 54.6 Å². The molecule has 2 aromatic heterocycles. The molecule has 3 aromatic rings. The van der Waals surface area contributed by atoms with Crippen LogP contribution < -0.4 is 15.0 Å². The van der Waals surface area contributed by atoms with Crippen LogP contribution in [0.4, 0.5) is 5.82 Å². The third-order valence-electron chi connectivity index (χ3n) is 7.40. The molecule has 2 bridgehead atoms. The number of piperazine rings is 1. The highest BCUT2D eigenvalue weighted by atomic mass is 35.5. The van der Waals surface area contributed by atoms with E-state index < -0.39 is 0 Å². The number of rotatable bonds is 5. The lowest BCUT2D eigenvalue weighted by atomic mass is 10.0. The maximum Gasteiger partial charge on any atom is 0.319 e. The molecule has 0 radical (unpaired) electrons. The highest BCUT2D eigenvalue weighted by molar-refractivity contribution is 6.43. The van der Waals surface area contributed by atoms with Gasteiger partial charge in [-0.3, -0.25) is 4.98 Å². The van der Waals surface area contributed by atoms with E-state index >= 15 is 0 Å². The second kappa shape index (κ2) is 9.11. The summed E-state index contributed by atoms with van der Waals surface area (Å²) in [5.74, 6) is 0.944. The number of anilines is 1. The van der Waals surface area contributed by atoms with Crippen molar-refractivity contribution in [2.45, 2.75) is 43.8 Å². The van der Waals surface area contributed by atoms with E-state index in [2.05, 4.69) is 33.2 Å².